The van der Waals surface area contributed by atoms with Crippen LogP contribution < -0.4 is 4.72 Å². The molecule has 0 aromatic heterocycles. The van der Waals surface area contributed by atoms with E-state index in [-0.39, 0.29) is 0 Å². The first kappa shape index (κ1) is 14.2. The summed E-state index contributed by atoms with van der Waals surface area (Å²) >= 11 is 0. The van der Waals surface area contributed by atoms with E-state index in [1.165, 1.54) is 6.08 Å². The second kappa shape index (κ2) is 5.90. The van der Waals surface area contributed by atoms with Crippen molar-refractivity contribution in [3.8, 4) is 0 Å². The van der Waals surface area contributed by atoms with E-state index in [0.29, 0.717) is 12.8 Å². The van der Waals surface area contributed by atoms with Gasteiger partial charge >= 0.3 is 0 Å². The number of sulfonamides is 1. The number of nitrogens with one attached hydrogen (secondary N) is 1. The lowest BCUT2D eigenvalue weighted by molar-refractivity contribution is -0.114. The van der Waals surface area contributed by atoms with E-state index >= 15 is 0 Å². The summed E-state index contributed by atoms with van der Waals surface area (Å²) in [5, 5.41) is -0.494. The van der Waals surface area contributed by atoms with Crippen molar-refractivity contribution < 1.29 is 13.2 Å². The van der Waals surface area contributed by atoms with Crippen LogP contribution in [0.2, 0.25) is 0 Å². The molecule has 88 valence electrons. The highest BCUT2D eigenvalue weighted by molar-refractivity contribution is 7.90. The van der Waals surface area contributed by atoms with E-state index in [2.05, 4.69) is 0 Å². The molecule has 0 aliphatic rings. The third-order valence-electron chi connectivity index (χ3n) is 2.01. The van der Waals surface area contributed by atoms with Crippen LogP contribution in [0.15, 0.2) is 11.6 Å². The predicted molar refractivity (Wildman–Crippen MR) is 60.9 cm³/mol. The van der Waals surface area contributed by atoms with Crippen LogP contribution in [-0.2, 0) is 14.8 Å². The van der Waals surface area contributed by atoms with Crippen LogP contribution in [0.25, 0.3) is 0 Å². The Morgan fingerprint density at radius 2 is 1.73 bits per heavy atom. The molecule has 1 N–H and O–H groups in total. The highest BCUT2D eigenvalue weighted by Gasteiger charge is 2.23. The zero-order valence-electron chi connectivity index (χ0n) is 9.70. The first-order valence-corrected chi connectivity index (χ1v) is 6.58. The first-order valence-electron chi connectivity index (χ1n) is 5.04. The van der Waals surface area contributed by atoms with E-state index < -0.39 is 21.2 Å². The van der Waals surface area contributed by atoms with Crippen LogP contribution >= 0.6 is 0 Å². The Morgan fingerprint density at radius 1 is 1.27 bits per heavy atom. The number of carbonyl (C=O) groups excluding carboxylic acids is 1. The fourth-order valence-electron chi connectivity index (χ4n) is 1.24. The Morgan fingerprint density at radius 3 is 2.07 bits per heavy atom. The van der Waals surface area contributed by atoms with Gasteiger partial charge in [-0.25, -0.2) is 13.1 Å². The lowest BCUT2D eigenvalue weighted by Gasteiger charge is -2.13. The number of rotatable bonds is 5. The van der Waals surface area contributed by atoms with Gasteiger partial charge in [0.05, 0.1) is 5.25 Å². The van der Waals surface area contributed by atoms with Gasteiger partial charge in [0, 0.05) is 6.08 Å². The number of allylic oxidation sites excluding steroid dienone is 1. The molecule has 0 atom stereocenters. The molecule has 4 nitrogen and oxygen atoms in total. The van der Waals surface area contributed by atoms with Gasteiger partial charge in [0.15, 0.2) is 0 Å². The zero-order chi connectivity index (χ0) is 12.1. The number of hydrogen-bond acceptors (Lipinski definition) is 3. The summed E-state index contributed by atoms with van der Waals surface area (Å²) in [6.07, 6.45) is 2.29. The van der Waals surface area contributed by atoms with Gasteiger partial charge in [-0.05, 0) is 26.7 Å². The van der Waals surface area contributed by atoms with Crippen molar-refractivity contribution in [2.75, 3.05) is 0 Å². The molecule has 0 aromatic carbocycles. The lowest BCUT2D eigenvalue weighted by atomic mass is 10.3. The van der Waals surface area contributed by atoms with E-state index in [9.17, 15) is 13.2 Å². The quantitative estimate of drug-likeness (QED) is 0.733. The minimum atomic E-state index is -3.51. The Labute approximate surface area is 91.8 Å². The van der Waals surface area contributed by atoms with Crippen LogP contribution in [-0.4, -0.2) is 19.6 Å². The van der Waals surface area contributed by atoms with Gasteiger partial charge in [-0.3, -0.25) is 4.79 Å². The Balaban J connectivity index is 4.65. The van der Waals surface area contributed by atoms with Crippen molar-refractivity contribution in [2.24, 2.45) is 0 Å². The predicted octanol–water partition coefficient (Wildman–Crippen LogP) is 1.59. The van der Waals surface area contributed by atoms with Crippen molar-refractivity contribution in [1.29, 1.82) is 0 Å². The molecule has 0 fully saturated rings. The molecule has 0 saturated heterocycles. The zero-order valence-corrected chi connectivity index (χ0v) is 10.5. The lowest BCUT2D eigenvalue weighted by Crippen LogP contribution is -2.37. The van der Waals surface area contributed by atoms with E-state index in [1.807, 2.05) is 4.72 Å². The smallest absolute Gasteiger partial charge is 0.257 e. The van der Waals surface area contributed by atoms with E-state index in [1.54, 1.807) is 27.7 Å². The van der Waals surface area contributed by atoms with Gasteiger partial charge in [-0.2, -0.15) is 0 Å². The molecular formula is C10H19NO3S. The molecule has 0 unspecified atom stereocenters. The van der Waals surface area contributed by atoms with Crippen molar-refractivity contribution in [3.05, 3.63) is 11.6 Å². The average Bonchev–Trinajstić information content (AvgIpc) is 2.02. The maximum Gasteiger partial charge on any atom is 0.257 e. The number of hydrogen-bond donors (Lipinski definition) is 1. The van der Waals surface area contributed by atoms with Gasteiger partial charge in [0.25, 0.3) is 5.91 Å². The van der Waals surface area contributed by atoms with Gasteiger partial charge < -0.3 is 0 Å². The highest BCUT2D eigenvalue weighted by Crippen LogP contribution is 2.08. The summed E-state index contributed by atoms with van der Waals surface area (Å²) in [6, 6.07) is 0. The molecular weight excluding hydrogens is 214 g/mol. The van der Waals surface area contributed by atoms with Crippen molar-refractivity contribution in [1.82, 2.24) is 4.72 Å². The largest absolute Gasteiger partial charge is 0.269 e. The molecule has 0 radical (unpaired) electrons. The summed E-state index contributed by atoms with van der Waals surface area (Å²) in [5.74, 6) is -0.568. The van der Waals surface area contributed by atoms with Crippen LogP contribution in [0.5, 0.6) is 0 Å². The standard InChI is InChI=1S/C10H19NO3S/c1-5-9(6-2)15(13,14)11-10(12)7-8(3)4/h7,9H,5-6H2,1-4H3,(H,11,12). The number of amides is 1. The van der Waals surface area contributed by atoms with Crippen LogP contribution in [0.4, 0.5) is 0 Å². The summed E-state index contributed by atoms with van der Waals surface area (Å²) in [4.78, 5) is 11.2. The molecule has 0 aliphatic heterocycles. The van der Waals surface area contributed by atoms with Crippen molar-refractivity contribution >= 4 is 15.9 Å². The van der Waals surface area contributed by atoms with Crippen molar-refractivity contribution in [3.63, 3.8) is 0 Å². The highest BCUT2D eigenvalue weighted by atomic mass is 32.2. The second-order valence-electron chi connectivity index (χ2n) is 3.67. The van der Waals surface area contributed by atoms with Gasteiger partial charge in [-0.15, -0.1) is 0 Å². The van der Waals surface area contributed by atoms with Gasteiger partial charge in [0.2, 0.25) is 10.0 Å². The maximum atomic E-state index is 11.6. The Hall–Kier alpha value is -0.840. The van der Waals surface area contributed by atoms with Crippen LogP contribution in [0.1, 0.15) is 40.5 Å². The number of carbonyl (C=O) groups is 1. The van der Waals surface area contributed by atoms with E-state index in [0.717, 1.165) is 5.57 Å². The normalized spacial score (nSPS) is 11.3. The molecule has 1 amide bonds. The van der Waals surface area contributed by atoms with E-state index in [4.69, 9.17) is 0 Å². The summed E-state index contributed by atoms with van der Waals surface area (Å²) in [6.45, 7) is 7.06. The first-order chi connectivity index (χ1) is 6.83. The molecule has 0 aliphatic carbocycles. The van der Waals surface area contributed by atoms with Gasteiger partial charge in [-0.1, -0.05) is 19.4 Å². The maximum absolute atomic E-state index is 11.6. The Kier molecular flexibility index (Phi) is 5.57. The molecule has 0 aromatic rings. The molecule has 0 heterocycles. The topological polar surface area (TPSA) is 63.2 Å². The molecule has 0 bridgehead atoms. The molecule has 5 heteroatoms. The van der Waals surface area contributed by atoms with Crippen LogP contribution in [0, 0.1) is 0 Å². The molecule has 15 heavy (non-hydrogen) atoms. The second-order valence-corrected chi connectivity index (χ2v) is 5.63. The molecule has 0 spiro atoms. The monoisotopic (exact) mass is 233 g/mol. The van der Waals surface area contributed by atoms with Crippen molar-refractivity contribution in [2.45, 2.75) is 45.8 Å². The fourth-order valence-corrected chi connectivity index (χ4v) is 2.63. The Bertz CT molecular complexity index is 336. The molecule has 0 rings (SSSR count). The third kappa shape index (κ3) is 4.97. The minimum Gasteiger partial charge on any atom is -0.269 e. The average molecular weight is 233 g/mol. The summed E-state index contributed by atoms with van der Waals surface area (Å²) in [5.41, 5.74) is 0.771. The van der Waals surface area contributed by atoms with Gasteiger partial charge in [0.1, 0.15) is 0 Å². The van der Waals surface area contributed by atoms with Crippen LogP contribution in [0.3, 0.4) is 0 Å². The fraction of sp³-hybridized carbons (Fsp3) is 0.700. The molecule has 0 saturated carbocycles. The SMILES string of the molecule is CCC(CC)S(=O)(=O)NC(=O)C=C(C)C. The summed E-state index contributed by atoms with van der Waals surface area (Å²) < 4.78 is 25.3. The third-order valence-corrected chi connectivity index (χ3v) is 4.04. The minimum absolute atomic E-state index is 0.494. The summed E-state index contributed by atoms with van der Waals surface area (Å²) in [7, 11) is -3.51.